The molecule has 0 heterocycles. The van der Waals surface area contributed by atoms with Crippen molar-refractivity contribution in [2.75, 3.05) is 0 Å². The fraction of sp³-hybridized carbons (Fsp3) is 0.567. The second kappa shape index (κ2) is 14.6. The third kappa shape index (κ3) is 14.3. The number of nitrogens with zero attached hydrogens (tertiary/aromatic N) is 1. The summed E-state index contributed by atoms with van der Waals surface area (Å²) in [6.45, 7) is 20.3. The van der Waals surface area contributed by atoms with Gasteiger partial charge in [0.05, 0.1) is 5.60 Å². The Morgan fingerprint density at radius 2 is 1.11 bits per heavy atom. The van der Waals surface area contributed by atoms with E-state index in [9.17, 15) is 13.2 Å². The Kier molecular flexibility index (Phi) is 14.0. The molecule has 0 amide bonds. The van der Waals surface area contributed by atoms with Crippen LogP contribution in [0.25, 0.3) is 0 Å². The molecule has 0 atom stereocenters. The van der Waals surface area contributed by atoms with Crippen molar-refractivity contribution < 1.29 is 41.3 Å². The van der Waals surface area contributed by atoms with Crippen LogP contribution in [0.1, 0.15) is 105 Å². The van der Waals surface area contributed by atoms with E-state index in [1.165, 1.54) is 22.4 Å². The normalized spacial score (nSPS) is 12.3. The molecule has 0 unspecified atom stereocenters. The first-order valence-electron chi connectivity index (χ1n) is 12.5. The Morgan fingerprint density at radius 3 is 1.43 bits per heavy atom. The summed E-state index contributed by atoms with van der Waals surface area (Å²) in [5.74, 6) is 1.02. The van der Waals surface area contributed by atoms with Crippen molar-refractivity contribution in [3.8, 4) is 0 Å². The first-order chi connectivity index (χ1) is 16.6. The van der Waals surface area contributed by atoms with Crippen molar-refractivity contribution in [1.29, 1.82) is 0 Å². The van der Waals surface area contributed by atoms with E-state index in [0.717, 1.165) is 0 Å². The number of alkyl halides is 3. The topological polar surface area (TPSA) is 52.8 Å². The molecule has 0 aliphatic rings. The third-order valence-corrected chi connectivity index (χ3v) is 7.46. The van der Waals surface area contributed by atoms with E-state index in [0.29, 0.717) is 25.7 Å². The van der Waals surface area contributed by atoms with Gasteiger partial charge in [-0.05, 0) is 34.6 Å². The molecule has 2 aromatic rings. The van der Waals surface area contributed by atoms with Crippen molar-refractivity contribution in [3.05, 3.63) is 65.2 Å². The standard InChI is InChI=1S/C12H17N.C10H12.C4H7F3O.C4H10O.Mo/c1-8(2)10-6-5-7-11(9(3)4)12(10)13;1-10(2,3)9-7-5-4-6-8-9;1-3(2,8)4(5,6)7;1-4(2,3)5;/h5-9H,1-4H3;1,4-8H,2-3H3;8H,1-2H3;5H,1-3H3;. The van der Waals surface area contributed by atoms with Gasteiger partial charge >= 0.3 is 162 Å². The zero-order valence-electron chi connectivity index (χ0n) is 24.2. The summed E-state index contributed by atoms with van der Waals surface area (Å²) in [7, 11) is 0. The summed E-state index contributed by atoms with van der Waals surface area (Å²) in [6.07, 6.45) is -4.51. The van der Waals surface area contributed by atoms with Crippen LogP contribution < -0.4 is 0 Å². The predicted octanol–water partition coefficient (Wildman–Crippen LogP) is 8.71. The van der Waals surface area contributed by atoms with Crippen LogP contribution in [0.15, 0.2) is 52.0 Å². The van der Waals surface area contributed by atoms with Crippen LogP contribution in [0.4, 0.5) is 18.9 Å². The second-order valence-electron chi connectivity index (χ2n) is 11.7. The molecule has 210 valence electrons. The van der Waals surface area contributed by atoms with E-state index in [2.05, 4.69) is 94.5 Å². The summed E-state index contributed by atoms with van der Waals surface area (Å²) in [4.78, 5) is 0. The van der Waals surface area contributed by atoms with Crippen molar-refractivity contribution in [2.24, 2.45) is 3.50 Å². The van der Waals surface area contributed by atoms with Gasteiger partial charge in [0.15, 0.2) is 5.60 Å². The molecule has 2 rings (SSSR count). The molecule has 0 spiro atoms. The fourth-order valence-corrected chi connectivity index (χ4v) is 4.65. The van der Waals surface area contributed by atoms with E-state index in [1.54, 1.807) is 20.8 Å². The van der Waals surface area contributed by atoms with E-state index in [-0.39, 0.29) is 5.41 Å². The Labute approximate surface area is 230 Å². The number of hydrogen-bond donors (Lipinski definition) is 2. The Morgan fingerprint density at radius 1 is 0.730 bits per heavy atom. The molecule has 2 aromatic carbocycles. The molecule has 0 saturated heterocycles. The van der Waals surface area contributed by atoms with E-state index >= 15 is 0 Å². The molecule has 37 heavy (non-hydrogen) atoms. The van der Waals surface area contributed by atoms with E-state index < -0.39 is 35.3 Å². The first kappa shape index (κ1) is 35.5. The van der Waals surface area contributed by atoms with Crippen LogP contribution in [0.2, 0.25) is 0 Å². The quantitative estimate of drug-likeness (QED) is 0.335. The van der Waals surface area contributed by atoms with Gasteiger partial charge in [0.2, 0.25) is 0 Å². The van der Waals surface area contributed by atoms with Gasteiger partial charge in [-0.15, -0.1) is 0 Å². The van der Waals surface area contributed by atoms with Gasteiger partial charge in [0.25, 0.3) is 0 Å². The molecule has 0 saturated carbocycles. The van der Waals surface area contributed by atoms with Crippen LogP contribution in [-0.4, -0.2) is 32.0 Å². The number of hydrogen-bond acceptors (Lipinski definition) is 3. The predicted molar refractivity (Wildman–Crippen MR) is 147 cm³/mol. The summed E-state index contributed by atoms with van der Waals surface area (Å²) >= 11 is -0.553. The van der Waals surface area contributed by atoms with Crippen LogP contribution in [0, 0.1) is 0 Å². The number of aliphatic hydroxyl groups is 2. The molecule has 7 heteroatoms. The van der Waals surface area contributed by atoms with Crippen molar-refractivity contribution in [1.82, 2.24) is 0 Å². The molecule has 0 radical (unpaired) electrons. The van der Waals surface area contributed by atoms with E-state index in [4.69, 9.17) is 13.7 Å². The van der Waals surface area contributed by atoms with Crippen LogP contribution >= 0.6 is 0 Å². The maximum absolute atomic E-state index is 11.3. The minimum absolute atomic E-state index is 0.0811. The first-order valence-corrected chi connectivity index (χ1v) is 14.5. The van der Waals surface area contributed by atoms with Gasteiger partial charge in [0, 0.05) is 0 Å². The molecule has 0 aliphatic carbocycles. The van der Waals surface area contributed by atoms with Gasteiger partial charge < -0.3 is 10.2 Å². The molecular weight excluding hydrogens is 559 g/mol. The van der Waals surface area contributed by atoms with Crippen molar-refractivity contribution in [3.63, 3.8) is 0 Å². The third-order valence-electron chi connectivity index (χ3n) is 5.05. The average Bonchev–Trinajstić information content (AvgIpc) is 2.72. The molecule has 3 nitrogen and oxygen atoms in total. The van der Waals surface area contributed by atoms with Crippen molar-refractivity contribution in [2.45, 2.75) is 111 Å². The van der Waals surface area contributed by atoms with Gasteiger partial charge in [0.1, 0.15) is 0 Å². The number of rotatable bonds is 5. The van der Waals surface area contributed by atoms with Crippen molar-refractivity contribution >= 4 is 10.1 Å². The van der Waals surface area contributed by atoms with Gasteiger partial charge in [-0.2, -0.15) is 13.2 Å². The molecule has 0 aromatic heterocycles. The summed E-state index contributed by atoms with van der Waals surface area (Å²) in [5.41, 5.74) is 2.41. The second-order valence-corrected chi connectivity index (χ2v) is 13.3. The minimum atomic E-state index is -4.51. The monoisotopic (exact) mass is 607 g/mol. The number of benzene rings is 2. The van der Waals surface area contributed by atoms with Crippen LogP contribution in [-0.2, 0) is 23.3 Å². The summed E-state index contributed by atoms with van der Waals surface area (Å²) < 4.78 is 41.5. The SMILES string of the molecule is CC(C)(C)O.CC(C)(O)C(F)(F)F.CC(C)c1cccc(C(C)C)c1[N]=[Mo]=[CH]C(C)(C)c1ccccc1. The zero-order valence-corrected chi connectivity index (χ0v) is 26.2. The average molecular weight is 606 g/mol. The number of halogens is 3. The molecule has 0 fully saturated rings. The summed E-state index contributed by atoms with van der Waals surface area (Å²) in [6, 6.07) is 17.4. The Hall–Kier alpha value is -1.49. The molecular formula is C30H46F3MoNO2. The maximum atomic E-state index is 11.3. The Balaban J connectivity index is 0.000000824. The van der Waals surface area contributed by atoms with Crippen LogP contribution in [0.5, 0.6) is 0 Å². The van der Waals surface area contributed by atoms with Crippen LogP contribution in [0.3, 0.4) is 0 Å². The van der Waals surface area contributed by atoms with Gasteiger partial charge in [-0.25, -0.2) is 0 Å². The van der Waals surface area contributed by atoms with Gasteiger partial charge in [-0.1, -0.05) is 0 Å². The zero-order chi connectivity index (χ0) is 29.2. The molecule has 0 bridgehead atoms. The molecule has 0 aliphatic heterocycles. The Bertz CT molecular complexity index is 966. The van der Waals surface area contributed by atoms with Gasteiger partial charge in [-0.3, -0.25) is 0 Å². The summed E-state index contributed by atoms with van der Waals surface area (Å²) in [5, 5.41) is 16.8. The fourth-order valence-electron chi connectivity index (χ4n) is 2.76. The van der Waals surface area contributed by atoms with E-state index in [1.807, 2.05) is 0 Å². The molecule has 2 N–H and O–H groups in total.